The molecule has 1 heterocycles. The Hall–Kier alpha value is -2.95. The molecule has 0 saturated carbocycles. The molecule has 1 aromatic heterocycles. The van der Waals surface area contributed by atoms with Crippen LogP contribution in [0.5, 0.6) is 0 Å². The maximum absolute atomic E-state index is 11.7. The fourth-order valence-electron chi connectivity index (χ4n) is 1.79. The molecule has 11 heteroatoms. The minimum atomic E-state index is -1.22. The van der Waals surface area contributed by atoms with Crippen molar-refractivity contribution in [3.8, 4) is 0 Å². The first-order valence-corrected chi connectivity index (χ1v) is 7.10. The average molecular weight is 340 g/mol. The van der Waals surface area contributed by atoms with Gasteiger partial charge in [-0.25, -0.2) is 9.78 Å². The number of carbonyl (C=O) groups is 4. The van der Waals surface area contributed by atoms with Crippen molar-refractivity contribution in [2.24, 2.45) is 11.5 Å². The number of primary amides is 1. The van der Waals surface area contributed by atoms with E-state index in [1.165, 1.54) is 12.5 Å². The molecular formula is C13H20N6O5. The predicted molar refractivity (Wildman–Crippen MR) is 81.3 cm³/mol. The van der Waals surface area contributed by atoms with Crippen LogP contribution in [-0.4, -0.2) is 57.4 Å². The zero-order chi connectivity index (χ0) is 18.1. The van der Waals surface area contributed by atoms with Crippen molar-refractivity contribution < 1.29 is 24.3 Å². The van der Waals surface area contributed by atoms with E-state index in [0.717, 1.165) is 0 Å². The summed E-state index contributed by atoms with van der Waals surface area (Å²) in [5, 5.41) is 13.7. The summed E-state index contributed by atoms with van der Waals surface area (Å²) >= 11 is 0. The number of carboxylic acids is 1. The predicted octanol–water partition coefficient (Wildman–Crippen LogP) is -2.77. The van der Waals surface area contributed by atoms with Gasteiger partial charge in [0.05, 0.1) is 18.9 Å². The Balaban J connectivity index is 2.41. The van der Waals surface area contributed by atoms with E-state index in [9.17, 15) is 19.2 Å². The summed E-state index contributed by atoms with van der Waals surface area (Å²) in [7, 11) is 0. The molecule has 0 saturated heterocycles. The molecular weight excluding hydrogens is 320 g/mol. The summed E-state index contributed by atoms with van der Waals surface area (Å²) in [6, 6.07) is -2.15. The highest BCUT2D eigenvalue weighted by Gasteiger charge is 2.22. The van der Waals surface area contributed by atoms with E-state index in [-0.39, 0.29) is 19.3 Å². The lowest BCUT2D eigenvalue weighted by atomic mass is 10.1. The van der Waals surface area contributed by atoms with Crippen LogP contribution in [0.15, 0.2) is 12.5 Å². The lowest BCUT2D eigenvalue weighted by molar-refractivity contribution is -0.141. The zero-order valence-corrected chi connectivity index (χ0v) is 12.8. The zero-order valence-electron chi connectivity index (χ0n) is 12.8. The first kappa shape index (κ1) is 19.1. The van der Waals surface area contributed by atoms with E-state index in [1.807, 2.05) is 0 Å². The van der Waals surface area contributed by atoms with Crippen LogP contribution in [0.2, 0.25) is 0 Å². The first-order valence-electron chi connectivity index (χ1n) is 7.10. The summed E-state index contributed by atoms with van der Waals surface area (Å²) in [5.41, 5.74) is 11.0. The van der Waals surface area contributed by atoms with Crippen LogP contribution < -0.4 is 22.1 Å². The van der Waals surface area contributed by atoms with Crippen molar-refractivity contribution in [3.63, 3.8) is 0 Å². The summed E-state index contributed by atoms with van der Waals surface area (Å²) in [5.74, 6) is -3.12. The summed E-state index contributed by atoms with van der Waals surface area (Å²) in [4.78, 5) is 51.7. The molecule has 132 valence electrons. The highest BCUT2D eigenvalue weighted by atomic mass is 16.4. The quantitative estimate of drug-likeness (QED) is 0.265. The molecule has 0 radical (unpaired) electrons. The molecule has 24 heavy (non-hydrogen) atoms. The second-order valence-electron chi connectivity index (χ2n) is 5.07. The van der Waals surface area contributed by atoms with Gasteiger partial charge in [0.25, 0.3) is 0 Å². The monoisotopic (exact) mass is 340 g/mol. The largest absolute Gasteiger partial charge is 0.480 e. The molecule has 8 N–H and O–H groups in total. The van der Waals surface area contributed by atoms with Crippen LogP contribution in [0.4, 0.5) is 0 Å². The van der Waals surface area contributed by atoms with Gasteiger partial charge in [0.15, 0.2) is 0 Å². The lowest BCUT2D eigenvalue weighted by Gasteiger charge is -2.15. The second-order valence-corrected chi connectivity index (χ2v) is 5.07. The van der Waals surface area contributed by atoms with Crippen LogP contribution >= 0.6 is 0 Å². The smallest absolute Gasteiger partial charge is 0.326 e. The minimum absolute atomic E-state index is 0.0210. The van der Waals surface area contributed by atoms with Crippen LogP contribution in [0.3, 0.4) is 0 Å². The van der Waals surface area contributed by atoms with Gasteiger partial charge in [-0.15, -0.1) is 0 Å². The highest BCUT2D eigenvalue weighted by molar-refractivity contribution is 5.89. The SMILES string of the molecule is NC(=O)CCC(N)C(=O)NCC(=O)NC(Cc1cnc[nH]1)C(=O)O. The fraction of sp³-hybridized carbons (Fsp3) is 0.462. The van der Waals surface area contributed by atoms with Crippen molar-refractivity contribution in [2.75, 3.05) is 6.54 Å². The van der Waals surface area contributed by atoms with E-state index in [2.05, 4.69) is 20.6 Å². The minimum Gasteiger partial charge on any atom is -0.480 e. The van der Waals surface area contributed by atoms with Gasteiger partial charge in [-0.2, -0.15) is 0 Å². The Labute approximate surface area is 137 Å². The number of hydrogen-bond acceptors (Lipinski definition) is 6. The molecule has 2 unspecified atom stereocenters. The number of aliphatic carboxylic acids is 1. The number of nitrogens with two attached hydrogens (primary N) is 2. The van der Waals surface area contributed by atoms with E-state index in [1.54, 1.807) is 0 Å². The standard InChI is InChI=1S/C13H20N6O5/c14-8(1-2-10(15)20)12(22)17-5-11(21)19-9(13(23)24)3-7-4-16-6-18-7/h4,6,8-9H,1-3,5,14H2,(H2,15,20)(H,16,18)(H,17,22)(H,19,21)(H,23,24). The van der Waals surface area contributed by atoms with Crippen molar-refractivity contribution in [1.29, 1.82) is 0 Å². The Morgan fingerprint density at radius 2 is 2.04 bits per heavy atom. The summed E-state index contributed by atoms with van der Waals surface area (Å²) in [6.45, 7) is -0.435. The normalized spacial score (nSPS) is 12.9. The summed E-state index contributed by atoms with van der Waals surface area (Å²) in [6.07, 6.45) is 2.87. The van der Waals surface area contributed by atoms with Crippen LogP contribution in [0.1, 0.15) is 18.5 Å². The summed E-state index contributed by atoms with van der Waals surface area (Å²) < 4.78 is 0. The lowest BCUT2D eigenvalue weighted by Crippen LogP contribution is -2.49. The Kier molecular flexibility index (Phi) is 7.36. The maximum atomic E-state index is 11.7. The molecule has 1 rings (SSSR count). The number of H-pyrrole nitrogens is 1. The van der Waals surface area contributed by atoms with Crippen LogP contribution in [0, 0.1) is 0 Å². The molecule has 0 fully saturated rings. The number of amides is 3. The Bertz CT molecular complexity index is 588. The number of aromatic nitrogens is 2. The van der Waals surface area contributed by atoms with Gasteiger partial charge in [-0.1, -0.05) is 0 Å². The molecule has 0 aliphatic rings. The number of aromatic amines is 1. The molecule has 11 nitrogen and oxygen atoms in total. The number of hydrogen-bond donors (Lipinski definition) is 6. The third-order valence-corrected chi connectivity index (χ3v) is 3.07. The molecule has 0 aliphatic carbocycles. The van der Waals surface area contributed by atoms with Gasteiger partial charge in [-0.05, 0) is 6.42 Å². The molecule has 0 bridgehead atoms. The highest BCUT2D eigenvalue weighted by Crippen LogP contribution is 1.99. The van der Waals surface area contributed by atoms with Gasteiger partial charge >= 0.3 is 5.97 Å². The third-order valence-electron chi connectivity index (χ3n) is 3.07. The van der Waals surface area contributed by atoms with Gasteiger partial charge in [0, 0.05) is 24.7 Å². The van der Waals surface area contributed by atoms with E-state index in [4.69, 9.17) is 16.6 Å². The average Bonchev–Trinajstić information content (AvgIpc) is 3.02. The van der Waals surface area contributed by atoms with Crippen LogP contribution in [0.25, 0.3) is 0 Å². The maximum Gasteiger partial charge on any atom is 0.326 e. The number of nitrogens with zero attached hydrogens (tertiary/aromatic N) is 1. The Morgan fingerprint density at radius 3 is 2.58 bits per heavy atom. The van der Waals surface area contributed by atoms with E-state index in [0.29, 0.717) is 5.69 Å². The second kappa shape index (κ2) is 9.25. The molecule has 0 aromatic carbocycles. The van der Waals surface area contributed by atoms with Crippen molar-refractivity contribution >= 4 is 23.7 Å². The molecule has 3 amide bonds. The van der Waals surface area contributed by atoms with Crippen molar-refractivity contribution in [3.05, 3.63) is 18.2 Å². The van der Waals surface area contributed by atoms with Crippen molar-refractivity contribution in [1.82, 2.24) is 20.6 Å². The Morgan fingerprint density at radius 1 is 1.33 bits per heavy atom. The first-order chi connectivity index (χ1) is 11.3. The fourth-order valence-corrected chi connectivity index (χ4v) is 1.79. The number of rotatable bonds is 10. The van der Waals surface area contributed by atoms with Gasteiger partial charge in [0.1, 0.15) is 6.04 Å². The topological polar surface area (TPSA) is 193 Å². The number of nitrogens with one attached hydrogen (secondary N) is 3. The van der Waals surface area contributed by atoms with Gasteiger partial charge in [0.2, 0.25) is 17.7 Å². The molecule has 2 atom stereocenters. The number of imidazole rings is 1. The molecule has 1 aromatic rings. The van der Waals surface area contributed by atoms with Crippen LogP contribution in [-0.2, 0) is 25.6 Å². The van der Waals surface area contributed by atoms with Gasteiger partial charge in [-0.3, -0.25) is 14.4 Å². The number of carbonyl (C=O) groups excluding carboxylic acids is 3. The number of carboxylic acid groups (broad SMARTS) is 1. The van der Waals surface area contributed by atoms with Gasteiger partial charge < -0.3 is 32.2 Å². The van der Waals surface area contributed by atoms with Crippen molar-refractivity contribution in [2.45, 2.75) is 31.3 Å². The van der Waals surface area contributed by atoms with E-state index >= 15 is 0 Å². The molecule has 0 aliphatic heterocycles. The van der Waals surface area contributed by atoms with E-state index < -0.39 is 42.3 Å². The third kappa shape index (κ3) is 6.87. The molecule has 0 spiro atoms.